The lowest BCUT2D eigenvalue weighted by molar-refractivity contribution is -0.122. The van der Waals surface area contributed by atoms with Crippen molar-refractivity contribution < 1.29 is 4.79 Å². The van der Waals surface area contributed by atoms with Crippen LogP contribution in [0.2, 0.25) is 0 Å². The maximum atomic E-state index is 12.0. The minimum atomic E-state index is 0.248. The van der Waals surface area contributed by atoms with Crippen LogP contribution >= 0.6 is 0 Å². The van der Waals surface area contributed by atoms with Crippen LogP contribution in [0.3, 0.4) is 0 Å². The zero-order valence-corrected chi connectivity index (χ0v) is 13.1. The van der Waals surface area contributed by atoms with Gasteiger partial charge in [0.1, 0.15) is 0 Å². The molecule has 0 aromatic rings. The summed E-state index contributed by atoms with van der Waals surface area (Å²) in [5.41, 5.74) is 0.310. The van der Waals surface area contributed by atoms with Crippen LogP contribution in [0.5, 0.6) is 0 Å². The lowest BCUT2D eigenvalue weighted by Crippen LogP contribution is -2.37. The van der Waals surface area contributed by atoms with Crippen LogP contribution in [0.15, 0.2) is 0 Å². The molecule has 3 nitrogen and oxygen atoms in total. The molecule has 0 atom stereocenters. The quantitative estimate of drug-likeness (QED) is 0.710. The number of amides is 1. The van der Waals surface area contributed by atoms with Crippen LogP contribution in [0.4, 0.5) is 0 Å². The summed E-state index contributed by atoms with van der Waals surface area (Å²) >= 11 is 0. The van der Waals surface area contributed by atoms with Gasteiger partial charge in [0.2, 0.25) is 5.91 Å². The second-order valence-electron chi connectivity index (χ2n) is 6.07. The summed E-state index contributed by atoms with van der Waals surface area (Å²) in [5, 5.41) is 6.53. The fourth-order valence-corrected chi connectivity index (χ4v) is 3.01. The Morgan fingerprint density at radius 2 is 1.74 bits per heavy atom. The number of hydrogen-bond acceptors (Lipinski definition) is 2. The molecule has 0 saturated carbocycles. The second kappa shape index (κ2) is 8.57. The molecule has 0 aromatic carbocycles. The molecule has 1 fully saturated rings. The van der Waals surface area contributed by atoms with Gasteiger partial charge in [-0.05, 0) is 62.9 Å². The maximum Gasteiger partial charge on any atom is 0.220 e. The number of carbonyl (C=O) groups is 1. The molecule has 2 N–H and O–H groups in total. The van der Waals surface area contributed by atoms with Crippen molar-refractivity contribution in [2.24, 2.45) is 11.3 Å². The van der Waals surface area contributed by atoms with E-state index in [1.54, 1.807) is 0 Å². The average molecular weight is 268 g/mol. The monoisotopic (exact) mass is 268 g/mol. The number of carbonyl (C=O) groups excluding carboxylic acids is 1. The van der Waals surface area contributed by atoms with Crippen molar-refractivity contribution in [1.82, 2.24) is 10.6 Å². The van der Waals surface area contributed by atoms with Gasteiger partial charge in [-0.3, -0.25) is 4.79 Å². The van der Waals surface area contributed by atoms with E-state index in [-0.39, 0.29) is 5.91 Å². The predicted octanol–water partition coefficient (Wildman–Crippen LogP) is 3.10. The van der Waals surface area contributed by atoms with E-state index in [4.69, 9.17) is 0 Å². The van der Waals surface area contributed by atoms with Gasteiger partial charge in [-0.1, -0.05) is 20.8 Å². The summed E-state index contributed by atoms with van der Waals surface area (Å²) in [5.74, 6) is 0.999. The van der Waals surface area contributed by atoms with E-state index in [9.17, 15) is 4.79 Å². The molecule has 1 aliphatic rings. The number of rotatable bonds is 8. The second-order valence-corrected chi connectivity index (χ2v) is 6.07. The number of nitrogens with one attached hydrogen (secondary N) is 2. The highest BCUT2D eigenvalue weighted by atomic mass is 16.1. The van der Waals surface area contributed by atoms with Crippen LogP contribution in [-0.4, -0.2) is 25.5 Å². The zero-order chi connectivity index (χ0) is 14.1. The molecule has 1 rings (SSSR count). The fourth-order valence-electron chi connectivity index (χ4n) is 3.01. The third kappa shape index (κ3) is 5.52. The van der Waals surface area contributed by atoms with E-state index in [2.05, 4.69) is 31.4 Å². The van der Waals surface area contributed by atoms with Gasteiger partial charge >= 0.3 is 0 Å². The lowest BCUT2D eigenvalue weighted by Gasteiger charge is -2.30. The highest BCUT2D eigenvalue weighted by molar-refractivity contribution is 5.75. The summed E-state index contributed by atoms with van der Waals surface area (Å²) < 4.78 is 0. The van der Waals surface area contributed by atoms with E-state index in [0.29, 0.717) is 11.8 Å². The van der Waals surface area contributed by atoms with Crippen LogP contribution < -0.4 is 10.6 Å². The van der Waals surface area contributed by atoms with Gasteiger partial charge in [-0.2, -0.15) is 0 Å². The average Bonchev–Trinajstić information content (AvgIpc) is 2.48. The first-order valence-electron chi connectivity index (χ1n) is 8.13. The van der Waals surface area contributed by atoms with Gasteiger partial charge in [0, 0.05) is 13.0 Å². The zero-order valence-electron chi connectivity index (χ0n) is 13.1. The van der Waals surface area contributed by atoms with Crippen LogP contribution in [0.1, 0.15) is 65.7 Å². The summed E-state index contributed by atoms with van der Waals surface area (Å²) in [6.45, 7) is 9.78. The van der Waals surface area contributed by atoms with Crippen molar-refractivity contribution in [3.8, 4) is 0 Å². The Hall–Kier alpha value is -0.570. The molecule has 0 bridgehead atoms. The maximum absolute atomic E-state index is 12.0. The molecule has 19 heavy (non-hydrogen) atoms. The van der Waals surface area contributed by atoms with E-state index in [0.717, 1.165) is 51.2 Å². The first-order chi connectivity index (χ1) is 9.15. The van der Waals surface area contributed by atoms with Gasteiger partial charge in [0.15, 0.2) is 0 Å². The van der Waals surface area contributed by atoms with Crippen LogP contribution in [0, 0.1) is 11.3 Å². The smallest absolute Gasteiger partial charge is 0.220 e. The van der Waals surface area contributed by atoms with Gasteiger partial charge in [-0.25, -0.2) is 0 Å². The normalized spacial score (nSPS) is 17.4. The Bertz CT molecular complexity index is 247. The largest absolute Gasteiger partial charge is 0.356 e. The molecule has 1 amide bonds. The Morgan fingerprint density at radius 3 is 2.26 bits per heavy atom. The minimum absolute atomic E-state index is 0.248. The number of hydrogen-bond donors (Lipinski definition) is 2. The molecule has 0 spiro atoms. The van der Waals surface area contributed by atoms with E-state index >= 15 is 0 Å². The molecule has 3 heteroatoms. The van der Waals surface area contributed by atoms with Gasteiger partial charge in [-0.15, -0.1) is 0 Å². The van der Waals surface area contributed by atoms with Gasteiger partial charge < -0.3 is 10.6 Å². The van der Waals surface area contributed by atoms with Crippen molar-refractivity contribution >= 4 is 5.91 Å². The Balaban J connectivity index is 2.23. The summed E-state index contributed by atoms with van der Waals surface area (Å²) in [7, 11) is 0. The highest BCUT2D eigenvalue weighted by Crippen LogP contribution is 2.29. The molecule has 112 valence electrons. The van der Waals surface area contributed by atoms with Gasteiger partial charge in [0.05, 0.1) is 0 Å². The Kier molecular flexibility index (Phi) is 7.44. The van der Waals surface area contributed by atoms with Crippen molar-refractivity contribution in [1.29, 1.82) is 0 Å². The molecule has 1 aliphatic heterocycles. The minimum Gasteiger partial charge on any atom is -0.356 e. The van der Waals surface area contributed by atoms with E-state index in [1.807, 2.05) is 0 Å². The predicted molar refractivity (Wildman–Crippen MR) is 81.1 cm³/mol. The topological polar surface area (TPSA) is 41.1 Å². The first-order valence-corrected chi connectivity index (χ1v) is 8.13. The Labute approximate surface area is 118 Å². The van der Waals surface area contributed by atoms with Crippen molar-refractivity contribution in [2.45, 2.75) is 65.7 Å². The Morgan fingerprint density at radius 1 is 1.16 bits per heavy atom. The molecule has 0 unspecified atom stereocenters. The first kappa shape index (κ1) is 16.5. The molecule has 1 saturated heterocycles. The van der Waals surface area contributed by atoms with E-state index < -0.39 is 0 Å². The number of piperidine rings is 1. The third-order valence-electron chi connectivity index (χ3n) is 5.15. The molecular weight excluding hydrogens is 236 g/mol. The third-order valence-corrected chi connectivity index (χ3v) is 5.15. The van der Waals surface area contributed by atoms with Gasteiger partial charge in [0.25, 0.3) is 0 Å². The molecule has 0 aromatic heterocycles. The van der Waals surface area contributed by atoms with Crippen LogP contribution in [0.25, 0.3) is 0 Å². The van der Waals surface area contributed by atoms with Crippen molar-refractivity contribution in [3.63, 3.8) is 0 Å². The summed E-state index contributed by atoms with van der Waals surface area (Å²) in [6.07, 6.45) is 7.67. The fraction of sp³-hybridized carbons (Fsp3) is 0.938. The van der Waals surface area contributed by atoms with Crippen molar-refractivity contribution in [3.05, 3.63) is 0 Å². The molecule has 0 radical (unpaired) electrons. The summed E-state index contributed by atoms with van der Waals surface area (Å²) in [6, 6.07) is 0. The van der Waals surface area contributed by atoms with Crippen molar-refractivity contribution in [2.75, 3.05) is 19.6 Å². The van der Waals surface area contributed by atoms with E-state index in [1.165, 1.54) is 12.8 Å². The molecule has 1 heterocycles. The van der Waals surface area contributed by atoms with Crippen LogP contribution in [-0.2, 0) is 4.79 Å². The highest BCUT2D eigenvalue weighted by Gasteiger charge is 2.24. The summed E-state index contributed by atoms with van der Waals surface area (Å²) in [4.78, 5) is 12.0. The molecular formula is C16H32N2O. The molecule has 0 aliphatic carbocycles. The lowest BCUT2D eigenvalue weighted by atomic mass is 9.80. The standard InChI is InChI=1S/C16H32N2O/c1-4-16(5-2,6-3)13-18-15(19)8-7-14-9-11-17-12-10-14/h14,17H,4-13H2,1-3H3,(H,18,19). The SMILES string of the molecule is CCC(CC)(CC)CNC(=O)CCC1CCNCC1.